The Labute approximate surface area is 166 Å². The molecule has 0 saturated heterocycles. The molecule has 1 heterocycles. The molecule has 1 aromatic heterocycles. The molecule has 0 saturated carbocycles. The van der Waals surface area contributed by atoms with Crippen LogP contribution in [0.25, 0.3) is 11.8 Å². The minimum atomic E-state index is -0.0747. The number of rotatable bonds is 4. The molecule has 0 unspecified atom stereocenters. The third-order valence-corrected chi connectivity index (χ3v) is 5.22. The highest BCUT2D eigenvalue weighted by molar-refractivity contribution is 6.99. The molecule has 0 spiro atoms. The van der Waals surface area contributed by atoms with Gasteiger partial charge in [0.25, 0.3) is 0 Å². The molecule has 4 rings (SSSR count). The average molecular weight is 387 g/mol. The topological polar surface area (TPSA) is 37.1 Å². The summed E-state index contributed by atoms with van der Waals surface area (Å²) in [5, 5.41) is 0. The van der Waals surface area contributed by atoms with Gasteiger partial charge in [-0.25, -0.2) is 0 Å². The van der Waals surface area contributed by atoms with Crippen molar-refractivity contribution >= 4 is 17.6 Å². The summed E-state index contributed by atoms with van der Waals surface area (Å²) in [7, 11) is 1.63. The summed E-state index contributed by atoms with van der Waals surface area (Å²) in [4.78, 5) is 13.2. The average Bonchev–Trinajstić information content (AvgIpc) is 3.04. The summed E-state index contributed by atoms with van der Waals surface area (Å²) in [6, 6.07) is 27.3. The number of para-hydroxylation sites is 2. The molecule has 4 nitrogen and oxygen atoms in total. The van der Waals surface area contributed by atoms with Gasteiger partial charge in [-0.05, 0) is 40.2 Å². The Balaban J connectivity index is 1.99. The van der Waals surface area contributed by atoms with E-state index in [9.17, 15) is 4.79 Å². The van der Waals surface area contributed by atoms with Crippen molar-refractivity contribution in [2.24, 2.45) is 0 Å². The SMILES string of the molecule is COc1ccccc1/C=c1/s/[n+](=C\c2ccccc2)n(-c2ccccc2)c1=O. The van der Waals surface area contributed by atoms with Crippen molar-refractivity contribution in [3.8, 4) is 11.4 Å². The van der Waals surface area contributed by atoms with E-state index in [1.807, 2.05) is 101 Å². The number of hydrogen-bond donors (Lipinski definition) is 0. The number of methoxy groups -OCH3 is 1. The highest BCUT2D eigenvalue weighted by atomic mass is 32.1. The van der Waals surface area contributed by atoms with Crippen LogP contribution in [-0.4, -0.2) is 11.8 Å². The number of aromatic nitrogens is 2. The van der Waals surface area contributed by atoms with Gasteiger partial charge in [-0.2, -0.15) is 0 Å². The van der Waals surface area contributed by atoms with Crippen molar-refractivity contribution in [3.63, 3.8) is 0 Å². The van der Waals surface area contributed by atoms with Crippen LogP contribution in [0.3, 0.4) is 0 Å². The molecular formula is C23H19N2O2S+. The van der Waals surface area contributed by atoms with Gasteiger partial charge >= 0.3 is 5.56 Å². The van der Waals surface area contributed by atoms with Crippen molar-refractivity contribution in [1.82, 2.24) is 4.68 Å². The predicted octanol–water partition coefficient (Wildman–Crippen LogP) is 3.08. The summed E-state index contributed by atoms with van der Waals surface area (Å²) < 4.78 is 9.60. The Morgan fingerprint density at radius 1 is 0.893 bits per heavy atom. The lowest BCUT2D eigenvalue weighted by Gasteiger charge is -2.01. The molecule has 0 radical (unpaired) electrons. The fourth-order valence-electron chi connectivity index (χ4n) is 2.94. The first-order chi connectivity index (χ1) is 13.8. The smallest absolute Gasteiger partial charge is 0.331 e. The lowest BCUT2D eigenvalue weighted by molar-refractivity contribution is -0.526. The molecule has 5 heteroatoms. The van der Waals surface area contributed by atoms with Gasteiger partial charge in [0.05, 0.1) is 7.11 Å². The molecule has 3 aromatic carbocycles. The molecule has 138 valence electrons. The summed E-state index contributed by atoms with van der Waals surface area (Å²) in [6.45, 7) is 0. The van der Waals surface area contributed by atoms with E-state index in [-0.39, 0.29) is 5.56 Å². The van der Waals surface area contributed by atoms with E-state index < -0.39 is 0 Å². The Morgan fingerprint density at radius 2 is 1.54 bits per heavy atom. The van der Waals surface area contributed by atoms with Gasteiger partial charge in [-0.15, -0.1) is 0 Å². The van der Waals surface area contributed by atoms with E-state index in [0.29, 0.717) is 4.53 Å². The maximum absolute atomic E-state index is 13.2. The Bertz CT molecular complexity index is 1260. The van der Waals surface area contributed by atoms with Crippen LogP contribution in [0.1, 0.15) is 11.1 Å². The first-order valence-electron chi connectivity index (χ1n) is 8.87. The molecule has 0 bridgehead atoms. The first-order valence-corrected chi connectivity index (χ1v) is 9.65. The molecule has 0 aliphatic heterocycles. The lowest BCUT2D eigenvalue weighted by Crippen LogP contribution is -2.35. The Kier molecular flexibility index (Phi) is 5.17. The summed E-state index contributed by atoms with van der Waals surface area (Å²) in [5.74, 6) is 0.736. The number of benzene rings is 3. The van der Waals surface area contributed by atoms with Crippen LogP contribution in [0, 0.1) is 6.21 Å². The van der Waals surface area contributed by atoms with Crippen LogP contribution in [0.2, 0.25) is 0 Å². The van der Waals surface area contributed by atoms with Gasteiger partial charge in [0.2, 0.25) is 6.21 Å². The molecule has 0 fully saturated rings. The van der Waals surface area contributed by atoms with E-state index in [4.69, 9.17) is 4.74 Å². The lowest BCUT2D eigenvalue weighted by atomic mass is 10.2. The van der Waals surface area contributed by atoms with Crippen LogP contribution in [0.15, 0.2) is 89.7 Å². The largest absolute Gasteiger partial charge is 0.496 e. The third kappa shape index (κ3) is 3.66. The van der Waals surface area contributed by atoms with Gasteiger partial charge in [-0.1, -0.05) is 59.3 Å². The molecule has 0 aliphatic rings. The number of nitrogens with zero attached hydrogens (tertiary/aromatic N) is 2. The standard InChI is InChI=1S/C23H19N2O2S/c1-27-21-15-9-8-12-19(21)16-22-23(26)25(20-13-6-3-7-14-20)24(28-22)17-18-10-4-2-5-11-18/h2-17H,1H3/q+1/b22-16+,24-17-. The summed E-state index contributed by atoms with van der Waals surface area (Å²) in [5.41, 5.74) is 2.63. The Hall–Kier alpha value is -3.44. The van der Waals surface area contributed by atoms with E-state index >= 15 is 0 Å². The monoisotopic (exact) mass is 387 g/mol. The molecule has 28 heavy (non-hydrogen) atoms. The second-order valence-electron chi connectivity index (χ2n) is 6.14. The van der Waals surface area contributed by atoms with E-state index in [1.54, 1.807) is 11.8 Å². The third-order valence-electron chi connectivity index (χ3n) is 4.28. The zero-order valence-electron chi connectivity index (χ0n) is 15.4. The van der Waals surface area contributed by atoms with Gasteiger partial charge in [-0.3, -0.25) is 4.79 Å². The van der Waals surface area contributed by atoms with Gasteiger partial charge in [0.15, 0.2) is 16.1 Å². The zero-order valence-corrected chi connectivity index (χ0v) is 16.2. The van der Waals surface area contributed by atoms with Crippen molar-refractivity contribution in [3.05, 3.63) is 117 Å². The second-order valence-corrected chi connectivity index (χ2v) is 7.13. The van der Waals surface area contributed by atoms with E-state index in [2.05, 4.69) is 0 Å². The van der Waals surface area contributed by atoms with Crippen LogP contribution in [0.5, 0.6) is 5.75 Å². The molecule has 0 amide bonds. The predicted molar refractivity (Wildman–Crippen MR) is 112 cm³/mol. The van der Waals surface area contributed by atoms with Crippen LogP contribution in [-0.2, 0) is 0 Å². The molecule has 0 aliphatic carbocycles. The Morgan fingerprint density at radius 3 is 2.25 bits per heavy atom. The number of ether oxygens (including phenoxy) is 1. The fraction of sp³-hybridized carbons (Fsp3) is 0.0435. The quantitative estimate of drug-likeness (QED) is 0.505. The summed E-state index contributed by atoms with van der Waals surface area (Å²) in [6.07, 6.45) is 3.83. The van der Waals surface area contributed by atoms with E-state index in [0.717, 1.165) is 22.6 Å². The van der Waals surface area contributed by atoms with Crippen molar-refractivity contribution in [2.45, 2.75) is 0 Å². The van der Waals surface area contributed by atoms with Gasteiger partial charge in [0.1, 0.15) is 11.4 Å². The van der Waals surface area contributed by atoms with Crippen molar-refractivity contribution < 1.29 is 8.48 Å². The molecular weight excluding hydrogens is 368 g/mol. The maximum atomic E-state index is 13.2. The molecule has 0 N–H and O–H groups in total. The first kappa shape index (κ1) is 17.9. The summed E-state index contributed by atoms with van der Waals surface area (Å²) >= 11 is 1.39. The minimum Gasteiger partial charge on any atom is -0.496 e. The van der Waals surface area contributed by atoms with Gasteiger partial charge < -0.3 is 4.74 Å². The maximum Gasteiger partial charge on any atom is 0.331 e. The van der Waals surface area contributed by atoms with Crippen LogP contribution < -0.4 is 18.6 Å². The van der Waals surface area contributed by atoms with Gasteiger partial charge in [0, 0.05) is 11.1 Å². The normalized spacial score (nSPS) is 12.3. The minimum absolute atomic E-state index is 0.0747. The van der Waals surface area contributed by atoms with Crippen LogP contribution in [0.4, 0.5) is 0 Å². The van der Waals surface area contributed by atoms with Crippen molar-refractivity contribution in [1.29, 1.82) is 0 Å². The van der Waals surface area contributed by atoms with Crippen molar-refractivity contribution in [2.75, 3.05) is 7.11 Å². The zero-order chi connectivity index (χ0) is 19.3. The highest BCUT2D eigenvalue weighted by Crippen LogP contribution is 2.17. The highest BCUT2D eigenvalue weighted by Gasteiger charge is 2.15. The van der Waals surface area contributed by atoms with E-state index in [1.165, 1.54) is 11.5 Å². The molecule has 4 aromatic rings. The fourth-order valence-corrected chi connectivity index (χ4v) is 3.91. The second kappa shape index (κ2) is 8.06. The number of hydrogen-bond acceptors (Lipinski definition) is 3. The molecule has 0 atom stereocenters. The van der Waals surface area contributed by atoms with Crippen LogP contribution >= 0.6 is 11.5 Å².